The van der Waals surface area contributed by atoms with Gasteiger partial charge in [0.2, 0.25) is 5.88 Å². The normalized spacial score (nSPS) is 16.1. The molecule has 2 heterocycles. The summed E-state index contributed by atoms with van der Waals surface area (Å²) < 4.78 is 10.5. The summed E-state index contributed by atoms with van der Waals surface area (Å²) in [6, 6.07) is 9.07. The van der Waals surface area contributed by atoms with Crippen molar-refractivity contribution in [3.8, 4) is 11.8 Å². The first kappa shape index (κ1) is 15.3. The number of hydrogen-bond donors (Lipinski definition) is 1. The standard InChI is InChI=1S/C16H11N3O5/c1-8-5-12-14(16(20)23-8)13(11(7-17)15(18)24-12)9-3-2-4-10(6-9)19(21)22/h2-6,13H,18H2,1H3/t13-/m0/s1. The highest BCUT2D eigenvalue weighted by molar-refractivity contribution is 5.55. The minimum absolute atomic E-state index is 0.000786. The highest BCUT2D eigenvalue weighted by Crippen LogP contribution is 2.41. The van der Waals surface area contributed by atoms with Crippen molar-refractivity contribution in [1.29, 1.82) is 5.26 Å². The number of nitrogens with zero attached hydrogens (tertiary/aromatic N) is 2. The summed E-state index contributed by atoms with van der Waals surface area (Å²) in [5, 5.41) is 20.4. The molecule has 0 spiro atoms. The molecule has 0 fully saturated rings. The fraction of sp³-hybridized carbons (Fsp3) is 0.125. The van der Waals surface area contributed by atoms with Crippen LogP contribution in [0.15, 0.2) is 51.0 Å². The van der Waals surface area contributed by atoms with Gasteiger partial charge in [-0.05, 0) is 12.5 Å². The molecule has 2 aromatic rings. The van der Waals surface area contributed by atoms with Crippen molar-refractivity contribution in [2.75, 3.05) is 0 Å². The van der Waals surface area contributed by atoms with Gasteiger partial charge >= 0.3 is 5.63 Å². The molecule has 0 bridgehead atoms. The van der Waals surface area contributed by atoms with Crippen molar-refractivity contribution in [3.05, 3.63) is 79.2 Å². The van der Waals surface area contributed by atoms with Crippen LogP contribution in [-0.2, 0) is 0 Å². The first-order valence-corrected chi connectivity index (χ1v) is 6.89. The molecule has 2 N–H and O–H groups in total. The van der Waals surface area contributed by atoms with E-state index < -0.39 is 16.5 Å². The molecule has 8 heteroatoms. The van der Waals surface area contributed by atoms with Crippen LogP contribution in [0.3, 0.4) is 0 Å². The van der Waals surface area contributed by atoms with Crippen LogP contribution in [0.1, 0.15) is 22.8 Å². The van der Waals surface area contributed by atoms with Gasteiger partial charge in [-0.1, -0.05) is 12.1 Å². The van der Waals surface area contributed by atoms with Crippen LogP contribution >= 0.6 is 0 Å². The van der Waals surface area contributed by atoms with Gasteiger partial charge < -0.3 is 14.9 Å². The lowest BCUT2D eigenvalue weighted by Gasteiger charge is -2.25. The topological polar surface area (TPSA) is 132 Å². The van der Waals surface area contributed by atoms with Gasteiger partial charge in [-0.2, -0.15) is 5.26 Å². The zero-order chi connectivity index (χ0) is 17.4. The second kappa shape index (κ2) is 5.55. The molecule has 0 saturated carbocycles. The summed E-state index contributed by atoms with van der Waals surface area (Å²) in [4.78, 5) is 22.8. The van der Waals surface area contributed by atoms with Crippen molar-refractivity contribution in [1.82, 2.24) is 0 Å². The second-order valence-electron chi connectivity index (χ2n) is 5.20. The number of benzene rings is 1. The first-order valence-electron chi connectivity index (χ1n) is 6.89. The van der Waals surface area contributed by atoms with Crippen LogP contribution in [0.25, 0.3) is 0 Å². The van der Waals surface area contributed by atoms with E-state index in [2.05, 4.69) is 0 Å². The molecular formula is C16H11N3O5. The number of nitriles is 1. The molecule has 1 aliphatic heterocycles. The lowest BCUT2D eigenvalue weighted by molar-refractivity contribution is -0.384. The predicted octanol–water partition coefficient (Wildman–Crippen LogP) is 2.07. The van der Waals surface area contributed by atoms with Crippen molar-refractivity contribution < 1.29 is 14.1 Å². The Labute approximate surface area is 135 Å². The van der Waals surface area contributed by atoms with Gasteiger partial charge in [0.15, 0.2) is 0 Å². The van der Waals surface area contributed by atoms with Crippen LogP contribution in [0.4, 0.5) is 5.69 Å². The van der Waals surface area contributed by atoms with Crippen LogP contribution in [0.2, 0.25) is 0 Å². The van der Waals surface area contributed by atoms with Gasteiger partial charge in [-0.15, -0.1) is 0 Å². The molecule has 1 aromatic carbocycles. The van der Waals surface area contributed by atoms with E-state index >= 15 is 0 Å². The van der Waals surface area contributed by atoms with Gasteiger partial charge in [0.05, 0.1) is 16.4 Å². The number of allylic oxidation sites excluding steroid dienone is 1. The summed E-state index contributed by atoms with van der Waals surface area (Å²) in [6.45, 7) is 1.58. The van der Waals surface area contributed by atoms with Crippen molar-refractivity contribution in [2.45, 2.75) is 12.8 Å². The van der Waals surface area contributed by atoms with Gasteiger partial charge in [-0.3, -0.25) is 10.1 Å². The quantitative estimate of drug-likeness (QED) is 0.660. The maximum atomic E-state index is 12.3. The number of ether oxygens (including phenoxy) is 1. The van der Waals surface area contributed by atoms with Crippen molar-refractivity contribution in [3.63, 3.8) is 0 Å². The third-order valence-corrected chi connectivity index (χ3v) is 3.67. The Kier molecular flexibility index (Phi) is 3.54. The Hall–Kier alpha value is -3.60. The highest BCUT2D eigenvalue weighted by atomic mass is 16.6. The zero-order valence-corrected chi connectivity index (χ0v) is 12.5. The summed E-state index contributed by atoms with van der Waals surface area (Å²) in [7, 11) is 0. The molecule has 1 aliphatic rings. The highest BCUT2D eigenvalue weighted by Gasteiger charge is 2.34. The number of aryl methyl sites for hydroxylation is 1. The molecule has 0 saturated heterocycles. The molecular weight excluding hydrogens is 314 g/mol. The minimum atomic E-state index is -0.893. The molecule has 1 aromatic heterocycles. The SMILES string of the molecule is Cc1cc2c(c(=O)o1)[C@@H](c1cccc([N+](=O)[O-])c1)C(C#N)=C(N)O2. The third kappa shape index (κ3) is 2.38. The third-order valence-electron chi connectivity index (χ3n) is 3.67. The monoisotopic (exact) mass is 325 g/mol. The van der Waals surface area contributed by atoms with Crippen LogP contribution in [-0.4, -0.2) is 4.92 Å². The number of nitro groups is 1. The maximum Gasteiger partial charge on any atom is 0.343 e. The molecule has 8 nitrogen and oxygen atoms in total. The molecule has 120 valence electrons. The van der Waals surface area contributed by atoms with Crippen molar-refractivity contribution >= 4 is 5.69 Å². The molecule has 3 rings (SSSR count). The molecule has 0 amide bonds. The Morgan fingerprint density at radius 2 is 2.12 bits per heavy atom. The largest absolute Gasteiger partial charge is 0.440 e. The lowest BCUT2D eigenvalue weighted by atomic mass is 9.84. The fourth-order valence-corrected chi connectivity index (χ4v) is 2.67. The molecule has 0 aliphatic carbocycles. The van der Waals surface area contributed by atoms with Crippen molar-refractivity contribution in [2.24, 2.45) is 5.73 Å². The summed E-state index contributed by atoms with van der Waals surface area (Å²) >= 11 is 0. The molecule has 24 heavy (non-hydrogen) atoms. The first-order chi connectivity index (χ1) is 11.4. The summed E-state index contributed by atoms with van der Waals surface area (Å²) in [6.07, 6.45) is 0. The van der Waals surface area contributed by atoms with Gasteiger partial charge in [0.1, 0.15) is 23.2 Å². The van der Waals surface area contributed by atoms with E-state index in [9.17, 15) is 20.2 Å². The van der Waals surface area contributed by atoms with E-state index in [0.717, 1.165) is 0 Å². The number of non-ortho nitro benzene ring substituents is 1. The number of nitro benzene ring substituents is 1. The average molecular weight is 325 g/mol. The smallest absolute Gasteiger partial charge is 0.343 e. The summed E-state index contributed by atoms with van der Waals surface area (Å²) in [5.41, 5.74) is 5.43. The number of rotatable bonds is 2. The summed E-state index contributed by atoms with van der Waals surface area (Å²) in [5.74, 6) is -0.538. The predicted molar refractivity (Wildman–Crippen MR) is 82.1 cm³/mol. The molecule has 1 atom stereocenters. The molecule has 0 unspecified atom stereocenters. The van der Waals surface area contributed by atoms with Gasteiger partial charge in [0.25, 0.3) is 5.69 Å². The van der Waals surface area contributed by atoms with E-state index in [0.29, 0.717) is 11.3 Å². The van der Waals surface area contributed by atoms with Gasteiger partial charge in [0, 0.05) is 18.2 Å². The number of hydrogen-bond acceptors (Lipinski definition) is 7. The second-order valence-corrected chi connectivity index (χ2v) is 5.20. The Balaban J connectivity index is 2.30. The number of fused-ring (bicyclic) bond motifs is 1. The van der Waals surface area contributed by atoms with Crippen LogP contribution in [0, 0.1) is 28.4 Å². The average Bonchev–Trinajstić information content (AvgIpc) is 2.53. The maximum absolute atomic E-state index is 12.3. The number of nitrogens with two attached hydrogens (primary N) is 1. The van der Waals surface area contributed by atoms with E-state index in [-0.39, 0.29) is 28.5 Å². The lowest BCUT2D eigenvalue weighted by Crippen LogP contribution is -2.26. The fourth-order valence-electron chi connectivity index (χ4n) is 2.67. The minimum Gasteiger partial charge on any atom is -0.440 e. The van der Waals surface area contributed by atoms with Crippen LogP contribution in [0.5, 0.6) is 5.75 Å². The Morgan fingerprint density at radius 3 is 2.79 bits per heavy atom. The van der Waals surface area contributed by atoms with Crippen LogP contribution < -0.4 is 16.1 Å². The molecule has 0 radical (unpaired) electrons. The Bertz CT molecular complexity index is 984. The van der Waals surface area contributed by atoms with E-state index in [1.165, 1.54) is 24.3 Å². The van der Waals surface area contributed by atoms with E-state index in [1.54, 1.807) is 13.0 Å². The van der Waals surface area contributed by atoms with E-state index in [4.69, 9.17) is 14.9 Å². The van der Waals surface area contributed by atoms with Gasteiger partial charge in [-0.25, -0.2) is 4.79 Å². The van der Waals surface area contributed by atoms with E-state index in [1.807, 2.05) is 6.07 Å². The zero-order valence-electron chi connectivity index (χ0n) is 12.5. The Morgan fingerprint density at radius 1 is 1.38 bits per heavy atom.